The Hall–Kier alpha value is -1.79. The van der Waals surface area contributed by atoms with Crippen molar-refractivity contribution in [1.29, 1.82) is 0 Å². The summed E-state index contributed by atoms with van der Waals surface area (Å²) < 4.78 is 0. The first-order chi connectivity index (χ1) is 12.0. The molecule has 0 aromatic heterocycles. The summed E-state index contributed by atoms with van der Waals surface area (Å²) in [6.45, 7) is 8.51. The topological polar surface area (TPSA) is 48.3 Å². The third kappa shape index (κ3) is 4.64. The van der Waals surface area contributed by atoms with Crippen LogP contribution in [-0.4, -0.2) is 80.5 Å². The van der Waals surface area contributed by atoms with Crippen LogP contribution in [0.3, 0.4) is 0 Å². The first kappa shape index (κ1) is 18.0. The second kappa shape index (κ2) is 8.06. The molecule has 2 aliphatic heterocycles. The summed E-state index contributed by atoms with van der Waals surface area (Å²) >= 11 is 6.06. The lowest BCUT2D eigenvalue weighted by Gasteiger charge is -2.37. The first-order valence-electron chi connectivity index (χ1n) is 8.90. The number of carbonyl (C=O) groups is 2. The monoisotopic (exact) mass is 365 g/mol. The molecule has 1 aromatic carbocycles. The maximum atomic E-state index is 12.6. The van der Waals surface area contributed by atoms with Gasteiger partial charge in [0.05, 0.1) is 26.2 Å². The van der Waals surface area contributed by atoms with Gasteiger partial charge in [-0.25, -0.2) is 0 Å². The molecule has 136 valence electrons. The van der Waals surface area contributed by atoms with E-state index in [0.717, 1.165) is 63.1 Å². The van der Waals surface area contributed by atoms with Crippen molar-refractivity contribution in [3.63, 3.8) is 0 Å². The van der Waals surface area contributed by atoms with E-state index in [-0.39, 0.29) is 11.8 Å². The molecular weight excluding hydrogens is 340 g/mol. The predicted octanol–water partition coefficient (Wildman–Crippen LogP) is -0.264. The molecule has 2 fully saturated rings. The number of nitrogens with one attached hydrogen (secondary N) is 1. The maximum Gasteiger partial charge on any atom is 0.277 e. The van der Waals surface area contributed by atoms with Crippen molar-refractivity contribution in [2.45, 2.75) is 6.92 Å². The average molecular weight is 366 g/mol. The summed E-state index contributed by atoms with van der Waals surface area (Å²) in [7, 11) is 0. The fraction of sp³-hybridized carbons (Fsp3) is 0.556. The zero-order valence-electron chi connectivity index (χ0n) is 14.7. The SMILES string of the molecule is CC(=O)N1CC[NH+](CC(=O)N2CCN(c3cccc(Cl)c3)CC2)CC1. The van der Waals surface area contributed by atoms with Crippen molar-refractivity contribution in [2.24, 2.45) is 0 Å². The highest BCUT2D eigenvalue weighted by molar-refractivity contribution is 6.30. The van der Waals surface area contributed by atoms with Crippen molar-refractivity contribution in [1.82, 2.24) is 9.80 Å². The minimum Gasteiger partial charge on any atom is -0.368 e. The number of anilines is 1. The van der Waals surface area contributed by atoms with Gasteiger partial charge in [0.15, 0.2) is 6.54 Å². The zero-order chi connectivity index (χ0) is 17.8. The quantitative estimate of drug-likeness (QED) is 0.802. The summed E-state index contributed by atoms with van der Waals surface area (Å²) in [5.41, 5.74) is 1.12. The van der Waals surface area contributed by atoms with Crippen molar-refractivity contribution in [3.05, 3.63) is 29.3 Å². The molecule has 2 heterocycles. The summed E-state index contributed by atoms with van der Waals surface area (Å²) in [5.74, 6) is 0.347. The Morgan fingerprint density at radius 2 is 1.72 bits per heavy atom. The van der Waals surface area contributed by atoms with E-state index in [4.69, 9.17) is 11.6 Å². The fourth-order valence-corrected chi connectivity index (χ4v) is 3.71. The third-order valence-electron chi connectivity index (χ3n) is 5.12. The second-order valence-electron chi connectivity index (χ2n) is 6.78. The van der Waals surface area contributed by atoms with E-state index in [0.29, 0.717) is 6.54 Å². The number of benzene rings is 1. The number of hydrogen-bond donors (Lipinski definition) is 1. The molecule has 1 aromatic rings. The maximum absolute atomic E-state index is 12.6. The number of quaternary nitrogens is 1. The second-order valence-corrected chi connectivity index (χ2v) is 7.22. The number of piperazine rings is 2. The predicted molar refractivity (Wildman–Crippen MR) is 98.1 cm³/mol. The number of nitrogens with zero attached hydrogens (tertiary/aromatic N) is 3. The first-order valence-corrected chi connectivity index (χ1v) is 9.28. The number of halogens is 1. The highest BCUT2D eigenvalue weighted by atomic mass is 35.5. The Morgan fingerprint density at radius 1 is 1.04 bits per heavy atom. The molecule has 6 nitrogen and oxygen atoms in total. The summed E-state index contributed by atoms with van der Waals surface area (Å²) in [6.07, 6.45) is 0. The van der Waals surface area contributed by atoms with Crippen LogP contribution in [0, 0.1) is 0 Å². The summed E-state index contributed by atoms with van der Waals surface area (Å²) in [5, 5.41) is 0.740. The Bertz CT molecular complexity index is 623. The smallest absolute Gasteiger partial charge is 0.277 e. The molecule has 0 bridgehead atoms. The highest BCUT2D eigenvalue weighted by Crippen LogP contribution is 2.20. The van der Waals surface area contributed by atoms with Crippen LogP contribution in [0.15, 0.2) is 24.3 Å². The number of hydrogen-bond acceptors (Lipinski definition) is 3. The molecule has 2 aliphatic rings. The van der Waals surface area contributed by atoms with Gasteiger partial charge in [0.25, 0.3) is 5.91 Å². The van der Waals surface area contributed by atoms with Gasteiger partial charge in [0.2, 0.25) is 5.91 Å². The Kier molecular flexibility index (Phi) is 5.81. The van der Waals surface area contributed by atoms with E-state index < -0.39 is 0 Å². The Balaban J connectivity index is 1.45. The van der Waals surface area contributed by atoms with E-state index in [2.05, 4.69) is 11.0 Å². The van der Waals surface area contributed by atoms with Gasteiger partial charge in [-0.1, -0.05) is 17.7 Å². The molecule has 0 unspecified atom stereocenters. The average Bonchev–Trinajstić information content (AvgIpc) is 2.62. The van der Waals surface area contributed by atoms with Crippen molar-refractivity contribution >= 4 is 29.1 Å². The van der Waals surface area contributed by atoms with E-state index in [1.54, 1.807) is 6.92 Å². The van der Waals surface area contributed by atoms with Gasteiger partial charge in [0.1, 0.15) is 0 Å². The van der Waals surface area contributed by atoms with Crippen LogP contribution in [-0.2, 0) is 9.59 Å². The summed E-state index contributed by atoms with van der Waals surface area (Å²) in [6, 6.07) is 7.86. The third-order valence-corrected chi connectivity index (χ3v) is 5.36. The van der Waals surface area contributed by atoms with Gasteiger partial charge in [0, 0.05) is 43.8 Å². The van der Waals surface area contributed by atoms with Gasteiger partial charge in [-0.2, -0.15) is 0 Å². The molecule has 0 radical (unpaired) electrons. The lowest BCUT2D eigenvalue weighted by atomic mass is 10.2. The molecule has 0 aliphatic carbocycles. The molecule has 2 saturated heterocycles. The van der Waals surface area contributed by atoms with Crippen LogP contribution in [0.2, 0.25) is 5.02 Å². The van der Waals surface area contributed by atoms with E-state index >= 15 is 0 Å². The largest absolute Gasteiger partial charge is 0.368 e. The van der Waals surface area contributed by atoms with Crippen LogP contribution >= 0.6 is 11.6 Å². The highest BCUT2D eigenvalue weighted by Gasteiger charge is 2.27. The van der Waals surface area contributed by atoms with Crippen LogP contribution in [0.25, 0.3) is 0 Å². The molecule has 0 atom stereocenters. The van der Waals surface area contributed by atoms with Gasteiger partial charge in [-0.3, -0.25) is 9.59 Å². The van der Waals surface area contributed by atoms with Crippen LogP contribution in [0.4, 0.5) is 5.69 Å². The molecule has 3 rings (SSSR count). The van der Waals surface area contributed by atoms with Gasteiger partial charge in [-0.05, 0) is 18.2 Å². The molecule has 1 N–H and O–H groups in total. The molecule has 25 heavy (non-hydrogen) atoms. The van der Waals surface area contributed by atoms with Gasteiger partial charge >= 0.3 is 0 Å². The molecule has 7 heteroatoms. The van der Waals surface area contributed by atoms with Gasteiger partial charge in [-0.15, -0.1) is 0 Å². The Labute approximate surface area is 153 Å². The number of amides is 2. The minimum absolute atomic E-state index is 0.127. The normalized spacial score (nSPS) is 19.2. The Morgan fingerprint density at radius 3 is 2.32 bits per heavy atom. The zero-order valence-corrected chi connectivity index (χ0v) is 15.5. The summed E-state index contributed by atoms with van der Waals surface area (Å²) in [4.78, 5) is 31.3. The van der Waals surface area contributed by atoms with Crippen LogP contribution in [0.5, 0.6) is 0 Å². The fourth-order valence-electron chi connectivity index (χ4n) is 3.53. The van der Waals surface area contributed by atoms with Crippen molar-refractivity contribution in [3.8, 4) is 0 Å². The van der Waals surface area contributed by atoms with Crippen molar-refractivity contribution in [2.75, 3.05) is 63.8 Å². The van der Waals surface area contributed by atoms with E-state index in [1.807, 2.05) is 28.0 Å². The van der Waals surface area contributed by atoms with E-state index in [9.17, 15) is 9.59 Å². The standard InChI is InChI=1S/C18H25ClN4O2/c1-15(24)21-7-5-20(6-8-21)14-18(25)23-11-9-22(10-12-23)17-4-2-3-16(19)13-17/h2-4,13H,5-12,14H2,1H3/p+1. The van der Waals surface area contributed by atoms with Crippen LogP contribution in [0.1, 0.15) is 6.92 Å². The molecular formula is C18H26ClN4O2+. The lowest BCUT2D eigenvalue weighted by Crippen LogP contribution is -3.15. The minimum atomic E-state index is 0.127. The molecule has 0 spiro atoms. The van der Waals surface area contributed by atoms with Crippen molar-refractivity contribution < 1.29 is 14.5 Å². The molecule has 2 amide bonds. The number of rotatable bonds is 3. The lowest BCUT2D eigenvalue weighted by molar-refractivity contribution is -0.896. The molecule has 0 saturated carbocycles. The number of carbonyl (C=O) groups excluding carboxylic acids is 2. The van der Waals surface area contributed by atoms with E-state index in [1.165, 1.54) is 4.90 Å². The van der Waals surface area contributed by atoms with Crippen LogP contribution < -0.4 is 9.80 Å². The van der Waals surface area contributed by atoms with Gasteiger partial charge < -0.3 is 19.6 Å².